The monoisotopic (exact) mass is 280 g/mol. The summed E-state index contributed by atoms with van der Waals surface area (Å²) in [6, 6.07) is -1.73. The Morgan fingerprint density at radius 2 is 2.06 bits per heavy atom. The molecule has 10 heteroatoms. The summed E-state index contributed by atoms with van der Waals surface area (Å²) < 4.78 is 30.0. The Morgan fingerprint density at radius 1 is 1.50 bits per heavy atom. The molecule has 1 aliphatic heterocycles. The van der Waals surface area contributed by atoms with Crippen LogP contribution in [0.3, 0.4) is 0 Å². The third kappa shape index (κ3) is 3.40. The average molecular weight is 280 g/mol. The van der Waals surface area contributed by atoms with Crippen molar-refractivity contribution in [3.05, 3.63) is 0 Å². The number of carboxylic acid groups (broad SMARTS) is 1. The highest BCUT2D eigenvalue weighted by Crippen LogP contribution is 2.20. The molecule has 0 saturated carbocycles. The molecule has 1 fully saturated rings. The Kier molecular flexibility index (Phi) is 3.92. The molecular formula is C8H12N2O7S. The molecule has 0 aliphatic carbocycles. The molecule has 0 radical (unpaired) electrons. The minimum absolute atomic E-state index is 0.259. The van der Waals surface area contributed by atoms with Gasteiger partial charge in [-0.15, -0.1) is 0 Å². The minimum Gasteiger partial charge on any atom is -0.480 e. The van der Waals surface area contributed by atoms with Gasteiger partial charge >= 0.3 is 5.97 Å². The van der Waals surface area contributed by atoms with E-state index in [4.69, 9.17) is 15.4 Å². The maximum absolute atomic E-state index is 11.5. The van der Waals surface area contributed by atoms with Crippen LogP contribution in [-0.4, -0.2) is 59.1 Å². The van der Waals surface area contributed by atoms with Gasteiger partial charge in [0.05, 0.1) is 5.92 Å². The number of hydrogen-bond donors (Lipinski definition) is 3. The quantitative estimate of drug-likeness (QED) is 0.476. The Labute approximate surface area is 102 Å². The summed E-state index contributed by atoms with van der Waals surface area (Å²) in [7, 11) is -4.56. The molecule has 1 aliphatic rings. The predicted octanol–water partition coefficient (Wildman–Crippen LogP) is -2.34. The van der Waals surface area contributed by atoms with E-state index >= 15 is 0 Å². The summed E-state index contributed by atoms with van der Waals surface area (Å²) in [6.07, 6.45) is -0.259. The van der Waals surface area contributed by atoms with Gasteiger partial charge in [-0.3, -0.25) is 14.1 Å². The molecule has 0 spiro atoms. The fourth-order valence-electron chi connectivity index (χ4n) is 1.72. The maximum Gasteiger partial charge on any atom is 0.327 e. The molecule has 0 aromatic heterocycles. The molecule has 1 saturated heterocycles. The zero-order valence-electron chi connectivity index (χ0n) is 9.14. The van der Waals surface area contributed by atoms with Crippen LogP contribution in [0.2, 0.25) is 0 Å². The van der Waals surface area contributed by atoms with E-state index in [0.29, 0.717) is 0 Å². The van der Waals surface area contributed by atoms with E-state index in [2.05, 4.69) is 0 Å². The normalized spacial score (nSPS) is 21.9. The number of nitrogens with zero attached hydrogens (tertiary/aromatic N) is 1. The van der Waals surface area contributed by atoms with Gasteiger partial charge in [0.15, 0.2) is 0 Å². The Bertz CT molecular complexity index is 486. The standard InChI is InChI=1S/C8H12N2O7S/c9-7(12)4-1-6(11)10(2-4)5(8(13)14)3-18(15,16)17/h4-5H,1-3H2,(H2,9,12)(H,13,14)(H,15,16,17). The minimum atomic E-state index is -4.56. The highest BCUT2D eigenvalue weighted by atomic mass is 32.2. The summed E-state index contributed by atoms with van der Waals surface area (Å²) in [5.41, 5.74) is 4.99. The second-order valence-electron chi connectivity index (χ2n) is 3.95. The zero-order valence-corrected chi connectivity index (χ0v) is 9.96. The van der Waals surface area contributed by atoms with E-state index in [-0.39, 0.29) is 13.0 Å². The van der Waals surface area contributed by atoms with Crippen molar-refractivity contribution in [3.63, 3.8) is 0 Å². The number of amides is 2. The van der Waals surface area contributed by atoms with Crippen LogP contribution in [0.15, 0.2) is 0 Å². The van der Waals surface area contributed by atoms with Crippen LogP contribution < -0.4 is 5.73 Å². The molecule has 1 rings (SSSR count). The lowest BCUT2D eigenvalue weighted by molar-refractivity contribution is -0.147. The van der Waals surface area contributed by atoms with Crippen LogP contribution in [0.5, 0.6) is 0 Å². The van der Waals surface area contributed by atoms with E-state index in [1.807, 2.05) is 0 Å². The van der Waals surface area contributed by atoms with Crippen molar-refractivity contribution >= 4 is 27.9 Å². The lowest BCUT2D eigenvalue weighted by Crippen LogP contribution is -2.46. The van der Waals surface area contributed by atoms with Gasteiger partial charge in [-0.05, 0) is 0 Å². The number of hydrogen-bond acceptors (Lipinski definition) is 5. The molecule has 102 valence electrons. The fourth-order valence-corrected chi connectivity index (χ4v) is 2.44. The van der Waals surface area contributed by atoms with E-state index in [1.165, 1.54) is 0 Å². The maximum atomic E-state index is 11.5. The van der Waals surface area contributed by atoms with Crippen molar-refractivity contribution in [2.24, 2.45) is 11.7 Å². The molecule has 9 nitrogen and oxygen atoms in total. The molecule has 0 aromatic carbocycles. The van der Waals surface area contributed by atoms with Crippen LogP contribution in [0, 0.1) is 5.92 Å². The molecular weight excluding hydrogens is 268 g/mol. The molecule has 0 aromatic rings. The fraction of sp³-hybridized carbons (Fsp3) is 0.625. The highest BCUT2D eigenvalue weighted by molar-refractivity contribution is 7.85. The summed E-state index contributed by atoms with van der Waals surface area (Å²) in [4.78, 5) is 34.0. The van der Waals surface area contributed by atoms with Crippen molar-refractivity contribution in [1.29, 1.82) is 0 Å². The summed E-state index contributed by atoms with van der Waals surface area (Å²) in [5.74, 6) is -5.00. The Hall–Kier alpha value is -1.68. The smallest absolute Gasteiger partial charge is 0.327 e. The zero-order chi connectivity index (χ0) is 14.1. The third-order valence-electron chi connectivity index (χ3n) is 2.59. The molecule has 4 N–H and O–H groups in total. The lowest BCUT2D eigenvalue weighted by atomic mass is 10.1. The molecule has 2 atom stereocenters. The third-order valence-corrected chi connectivity index (χ3v) is 3.33. The van der Waals surface area contributed by atoms with Gasteiger partial charge in [0.1, 0.15) is 11.8 Å². The van der Waals surface area contributed by atoms with Gasteiger partial charge < -0.3 is 15.7 Å². The summed E-state index contributed by atoms with van der Waals surface area (Å²) in [5, 5.41) is 8.85. The van der Waals surface area contributed by atoms with E-state index in [1.54, 1.807) is 0 Å². The Morgan fingerprint density at radius 3 is 2.39 bits per heavy atom. The van der Waals surface area contributed by atoms with Crippen molar-refractivity contribution in [1.82, 2.24) is 4.90 Å². The number of nitrogens with two attached hydrogens (primary N) is 1. The predicted molar refractivity (Wildman–Crippen MR) is 56.9 cm³/mol. The van der Waals surface area contributed by atoms with Gasteiger partial charge in [0.2, 0.25) is 11.8 Å². The van der Waals surface area contributed by atoms with Crippen LogP contribution in [0.25, 0.3) is 0 Å². The number of aliphatic carboxylic acids is 1. The largest absolute Gasteiger partial charge is 0.480 e. The van der Waals surface area contributed by atoms with E-state index in [9.17, 15) is 22.8 Å². The molecule has 18 heavy (non-hydrogen) atoms. The van der Waals surface area contributed by atoms with Gasteiger partial charge in [0.25, 0.3) is 10.1 Å². The van der Waals surface area contributed by atoms with Gasteiger partial charge in [-0.1, -0.05) is 0 Å². The summed E-state index contributed by atoms with van der Waals surface area (Å²) >= 11 is 0. The molecule has 2 amide bonds. The van der Waals surface area contributed by atoms with E-state index < -0.39 is 45.6 Å². The van der Waals surface area contributed by atoms with Crippen molar-refractivity contribution in [2.75, 3.05) is 12.3 Å². The van der Waals surface area contributed by atoms with Crippen LogP contribution in [0.4, 0.5) is 0 Å². The molecule has 1 heterocycles. The van der Waals surface area contributed by atoms with Crippen LogP contribution in [-0.2, 0) is 24.5 Å². The number of carboxylic acids is 1. The highest BCUT2D eigenvalue weighted by Gasteiger charge is 2.41. The number of likely N-dealkylation sites (tertiary alicyclic amines) is 1. The lowest BCUT2D eigenvalue weighted by Gasteiger charge is -2.23. The van der Waals surface area contributed by atoms with Crippen LogP contribution >= 0.6 is 0 Å². The number of carbonyl (C=O) groups is 3. The van der Waals surface area contributed by atoms with E-state index in [0.717, 1.165) is 4.90 Å². The van der Waals surface area contributed by atoms with Crippen LogP contribution in [0.1, 0.15) is 6.42 Å². The SMILES string of the molecule is NC(=O)C1CC(=O)N(C(CS(=O)(=O)O)C(=O)O)C1. The Balaban J connectivity index is 2.91. The second kappa shape index (κ2) is 4.90. The number of carbonyl (C=O) groups excluding carboxylic acids is 2. The first-order valence-corrected chi connectivity index (χ1v) is 6.49. The summed E-state index contributed by atoms with van der Waals surface area (Å²) in [6.45, 7) is -0.263. The molecule has 2 unspecified atom stereocenters. The topological polar surface area (TPSA) is 155 Å². The first kappa shape index (κ1) is 14.4. The first-order valence-electron chi connectivity index (χ1n) is 4.88. The number of rotatable bonds is 5. The van der Waals surface area contributed by atoms with Crippen molar-refractivity contribution in [3.8, 4) is 0 Å². The average Bonchev–Trinajstić information content (AvgIpc) is 2.55. The molecule has 0 bridgehead atoms. The van der Waals surface area contributed by atoms with Crippen molar-refractivity contribution in [2.45, 2.75) is 12.5 Å². The second-order valence-corrected chi connectivity index (χ2v) is 5.45. The van der Waals surface area contributed by atoms with Gasteiger partial charge in [-0.2, -0.15) is 8.42 Å². The number of primary amides is 1. The first-order chi connectivity index (χ1) is 8.11. The van der Waals surface area contributed by atoms with Crippen molar-refractivity contribution < 1.29 is 32.5 Å². The van der Waals surface area contributed by atoms with Gasteiger partial charge in [0, 0.05) is 13.0 Å². The van der Waals surface area contributed by atoms with Gasteiger partial charge in [-0.25, -0.2) is 4.79 Å².